The number of hydrogen-bond acceptors (Lipinski definition) is 4. The van der Waals surface area contributed by atoms with Crippen molar-refractivity contribution < 1.29 is 9.59 Å². The van der Waals surface area contributed by atoms with Crippen molar-refractivity contribution in [2.45, 2.75) is 52.4 Å². The fraction of sp³-hybridized carbons (Fsp3) is 0.375. The molecule has 30 heavy (non-hydrogen) atoms. The van der Waals surface area contributed by atoms with Crippen molar-refractivity contribution in [1.82, 2.24) is 9.80 Å². The lowest BCUT2D eigenvalue weighted by Crippen LogP contribution is -2.51. The molecular formula is C24H28N4O2. The minimum Gasteiger partial charge on any atom is -0.369 e. The van der Waals surface area contributed by atoms with E-state index in [9.17, 15) is 9.59 Å². The molecule has 2 N–H and O–H groups in total. The Labute approximate surface area is 177 Å². The minimum absolute atomic E-state index is 0.00737. The second-order valence-electron chi connectivity index (χ2n) is 8.77. The first-order valence-electron chi connectivity index (χ1n) is 10.4. The zero-order valence-electron chi connectivity index (χ0n) is 17.8. The third-order valence-corrected chi connectivity index (χ3v) is 6.34. The Morgan fingerprint density at radius 1 is 1.13 bits per heavy atom. The molecule has 2 aromatic rings. The molecule has 0 saturated heterocycles. The van der Waals surface area contributed by atoms with Crippen LogP contribution >= 0.6 is 0 Å². The molecule has 2 aliphatic rings. The van der Waals surface area contributed by atoms with Crippen molar-refractivity contribution in [3.63, 3.8) is 0 Å². The van der Waals surface area contributed by atoms with Gasteiger partial charge in [0.1, 0.15) is 0 Å². The van der Waals surface area contributed by atoms with Gasteiger partial charge in [-0.05, 0) is 41.7 Å². The van der Waals surface area contributed by atoms with Gasteiger partial charge in [-0.1, -0.05) is 50.2 Å². The van der Waals surface area contributed by atoms with Gasteiger partial charge in [-0.15, -0.1) is 0 Å². The van der Waals surface area contributed by atoms with Gasteiger partial charge in [0.15, 0.2) is 5.96 Å². The summed E-state index contributed by atoms with van der Waals surface area (Å²) in [6.45, 7) is 7.61. The molecular weight excluding hydrogens is 376 g/mol. The Morgan fingerprint density at radius 2 is 1.80 bits per heavy atom. The van der Waals surface area contributed by atoms with Crippen LogP contribution < -0.4 is 5.73 Å². The smallest absolute Gasteiger partial charge is 0.254 e. The van der Waals surface area contributed by atoms with Crippen LogP contribution in [-0.2, 0) is 24.4 Å². The first kappa shape index (κ1) is 20.1. The maximum atomic E-state index is 13.0. The van der Waals surface area contributed by atoms with Gasteiger partial charge in [0.05, 0.1) is 18.5 Å². The van der Waals surface area contributed by atoms with E-state index in [0.717, 1.165) is 5.56 Å². The van der Waals surface area contributed by atoms with Crippen molar-refractivity contribution >= 4 is 17.8 Å². The summed E-state index contributed by atoms with van der Waals surface area (Å²) in [5, 5.41) is 0. The SMILES string of the molecule is CC(C)[C@]1(C)CC(=O)N(Cc2cccc(C(=O)N3Cc4ccccc4C3)c2)C(N)=N1. The number of nitrogens with zero attached hydrogens (tertiary/aromatic N) is 3. The second-order valence-corrected chi connectivity index (χ2v) is 8.77. The fourth-order valence-electron chi connectivity index (χ4n) is 4.04. The first-order chi connectivity index (χ1) is 14.3. The molecule has 0 spiro atoms. The van der Waals surface area contributed by atoms with Crippen molar-refractivity contribution in [2.24, 2.45) is 16.6 Å². The number of fused-ring (bicyclic) bond motifs is 1. The van der Waals surface area contributed by atoms with Gasteiger partial charge in [-0.2, -0.15) is 0 Å². The Balaban J connectivity index is 1.51. The third-order valence-electron chi connectivity index (χ3n) is 6.34. The highest BCUT2D eigenvalue weighted by Crippen LogP contribution is 2.30. The highest BCUT2D eigenvalue weighted by molar-refractivity contribution is 5.99. The number of hydrogen-bond donors (Lipinski definition) is 1. The maximum Gasteiger partial charge on any atom is 0.254 e. The molecule has 156 valence electrons. The van der Waals surface area contributed by atoms with Crippen LogP contribution in [0.2, 0.25) is 0 Å². The highest BCUT2D eigenvalue weighted by Gasteiger charge is 2.38. The molecule has 0 aliphatic carbocycles. The standard InChI is InChI=1S/C24H28N4O2/c1-16(2)24(3)12-21(29)28(23(25)26-24)13-17-7-6-10-18(11-17)22(30)27-14-19-8-4-5-9-20(19)15-27/h4-11,16H,12-15H2,1-3H3,(H2,25,26)/t24-/m0/s1. The average molecular weight is 405 g/mol. The van der Waals surface area contributed by atoms with Gasteiger partial charge in [0.2, 0.25) is 5.91 Å². The monoisotopic (exact) mass is 404 g/mol. The van der Waals surface area contributed by atoms with Crippen LogP contribution in [0.1, 0.15) is 54.2 Å². The van der Waals surface area contributed by atoms with E-state index in [4.69, 9.17) is 5.73 Å². The molecule has 0 saturated carbocycles. The van der Waals surface area contributed by atoms with Crippen molar-refractivity contribution in [2.75, 3.05) is 0 Å². The molecule has 2 heterocycles. The molecule has 0 bridgehead atoms. The summed E-state index contributed by atoms with van der Waals surface area (Å²) >= 11 is 0. The van der Waals surface area contributed by atoms with Crippen LogP contribution in [0.5, 0.6) is 0 Å². The van der Waals surface area contributed by atoms with Crippen molar-refractivity contribution in [3.05, 3.63) is 70.8 Å². The Hall–Kier alpha value is -3.15. The number of benzene rings is 2. The summed E-state index contributed by atoms with van der Waals surface area (Å²) in [5.41, 5.74) is 9.55. The fourth-order valence-corrected chi connectivity index (χ4v) is 4.04. The van der Waals surface area contributed by atoms with E-state index in [1.165, 1.54) is 16.0 Å². The first-order valence-corrected chi connectivity index (χ1v) is 10.4. The van der Waals surface area contributed by atoms with Crippen molar-refractivity contribution in [1.29, 1.82) is 0 Å². The van der Waals surface area contributed by atoms with E-state index in [1.54, 1.807) is 0 Å². The number of rotatable bonds is 4. The van der Waals surface area contributed by atoms with Gasteiger partial charge >= 0.3 is 0 Å². The second kappa shape index (κ2) is 7.59. The molecule has 6 heteroatoms. The zero-order chi connectivity index (χ0) is 21.5. The summed E-state index contributed by atoms with van der Waals surface area (Å²) < 4.78 is 0. The average Bonchev–Trinajstić information content (AvgIpc) is 3.14. The van der Waals surface area contributed by atoms with E-state index >= 15 is 0 Å². The van der Waals surface area contributed by atoms with Gasteiger partial charge in [0, 0.05) is 18.7 Å². The molecule has 1 atom stereocenters. The van der Waals surface area contributed by atoms with Gasteiger partial charge in [-0.25, -0.2) is 4.99 Å². The summed E-state index contributed by atoms with van der Waals surface area (Å²) in [5.74, 6) is 0.416. The van der Waals surface area contributed by atoms with E-state index < -0.39 is 5.54 Å². The molecule has 0 aromatic heterocycles. The van der Waals surface area contributed by atoms with E-state index in [2.05, 4.69) is 17.1 Å². The van der Waals surface area contributed by atoms with Gasteiger partial charge in [0.25, 0.3) is 5.91 Å². The quantitative estimate of drug-likeness (QED) is 0.849. The van der Waals surface area contributed by atoms with Gasteiger partial charge < -0.3 is 10.6 Å². The lowest BCUT2D eigenvalue weighted by molar-refractivity contribution is -0.130. The minimum atomic E-state index is -0.472. The lowest BCUT2D eigenvalue weighted by Gasteiger charge is -2.37. The predicted octanol–water partition coefficient (Wildman–Crippen LogP) is 3.30. The molecule has 2 aliphatic heterocycles. The predicted molar refractivity (Wildman–Crippen MR) is 116 cm³/mol. The largest absolute Gasteiger partial charge is 0.369 e. The molecule has 2 aromatic carbocycles. The molecule has 0 unspecified atom stereocenters. The molecule has 4 rings (SSSR count). The van der Waals surface area contributed by atoms with Crippen LogP contribution in [0.25, 0.3) is 0 Å². The van der Waals surface area contributed by atoms with Crippen LogP contribution in [0, 0.1) is 5.92 Å². The molecule has 2 amide bonds. The normalized spacial score (nSPS) is 21.1. The summed E-state index contributed by atoms with van der Waals surface area (Å²) in [4.78, 5) is 33.8. The number of nitrogens with two attached hydrogens (primary N) is 1. The highest BCUT2D eigenvalue weighted by atomic mass is 16.2. The van der Waals surface area contributed by atoms with E-state index in [1.807, 2.05) is 62.1 Å². The molecule has 6 nitrogen and oxygen atoms in total. The Kier molecular flexibility index (Phi) is 5.10. The van der Waals surface area contributed by atoms with Crippen LogP contribution in [0.3, 0.4) is 0 Å². The van der Waals surface area contributed by atoms with Crippen LogP contribution in [0.15, 0.2) is 53.5 Å². The third kappa shape index (κ3) is 3.70. The van der Waals surface area contributed by atoms with E-state index in [0.29, 0.717) is 31.6 Å². The maximum absolute atomic E-state index is 13.0. The molecule has 0 radical (unpaired) electrons. The van der Waals surface area contributed by atoms with E-state index in [-0.39, 0.29) is 23.7 Å². The number of amides is 2. The topological polar surface area (TPSA) is 79.0 Å². The Morgan fingerprint density at radius 3 is 2.40 bits per heavy atom. The summed E-state index contributed by atoms with van der Waals surface area (Å²) in [6, 6.07) is 15.6. The number of carbonyl (C=O) groups excluding carboxylic acids is 2. The molecule has 0 fully saturated rings. The number of carbonyl (C=O) groups is 2. The summed E-state index contributed by atoms with van der Waals surface area (Å²) in [7, 11) is 0. The van der Waals surface area contributed by atoms with Gasteiger partial charge in [-0.3, -0.25) is 14.5 Å². The van der Waals surface area contributed by atoms with Crippen molar-refractivity contribution in [3.8, 4) is 0 Å². The number of aliphatic imine (C=N–C) groups is 1. The van der Waals surface area contributed by atoms with Crippen LogP contribution in [0.4, 0.5) is 0 Å². The lowest BCUT2D eigenvalue weighted by atomic mass is 9.84. The number of guanidine groups is 1. The van der Waals surface area contributed by atoms with Crippen LogP contribution in [-0.4, -0.2) is 33.1 Å². The Bertz CT molecular complexity index is 1000. The summed E-state index contributed by atoms with van der Waals surface area (Å²) in [6.07, 6.45) is 0.329. The zero-order valence-corrected chi connectivity index (χ0v) is 17.8.